The summed E-state index contributed by atoms with van der Waals surface area (Å²) in [7, 11) is 0. The minimum absolute atomic E-state index is 0.190. The summed E-state index contributed by atoms with van der Waals surface area (Å²) < 4.78 is 168. The number of ether oxygens (including phenoxy) is 6. The minimum atomic E-state index is -4.75. The molecule has 10 aromatic rings. The number of aromatic amines is 1. The van der Waals surface area contributed by atoms with Gasteiger partial charge in [0, 0.05) is 49.7 Å². The number of tetrazole rings is 2. The van der Waals surface area contributed by atoms with E-state index in [2.05, 4.69) is 116 Å². The van der Waals surface area contributed by atoms with Gasteiger partial charge < -0.3 is 34.2 Å². The third-order valence-corrected chi connectivity index (χ3v) is 12.0. The van der Waals surface area contributed by atoms with E-state index >= 15 is 0 Å². The zero-order chi connectivity index (χ0) is 73.3. The van der Waals surface area contributed by atoms with Gasteiger partial charge in [-0.05, 0) is 102 Å². The highest BCUT2D eigenvalue weighted by molar-refractivity contribution is 9.09. The van der Waals surface area contributed by atoms with Crippen LogP contribution in [0.15, 0.2) is 147 Å². The first-order chi connectivity index (χ1) is 47.4. The number of esters is 2. The molecular formula is C59H47BrClF12N19O8. The maximum absolute atomic E-state index is 12.3. The van der Waals surface area contributed by atoms with E-state index in [1.54, 1.807) is 20.0 Å². The van der Waals surface area contributed by atoms with E-state index in [0.717, 1.165) is 28.1 Å². The minimum Gasteiger partial charge on any atom is -0.465 e. The average molecular weight is 1490 g/mol. The number of aromatic nitrogens is 16. The van der Waals surface area contributed by atoms with Gasteiger partial charge in [0.1, 0.15) is 76.5 Å². The molecule has 0 saturated carbocycles. The molecule has 0 aliphatic rings. The van der Waals surface area contributed by atoms with Crippen molar-refractivity contribution in [2.24, 2.45) is 0 Å². The van der Waals surface area contributed by atoms with Crippen molar-refractivity contribution in [1.29, 1.82) is 10.5 Å². The smallest absolute Gasteiger partial charge is 0.465 e. The van der Waals surface area contributed by atoms with Gasteiger partial charge in [0.25, 0.3) is 0 Å². The largest absolute Gasteiger partial charge is 0.573 e. The maximum Gasteiger partial charge on any atom is 0.573 e. The Morgan fingerprint density at radius 2 is 0.910 bits per heavy atom. The molecule has 0 bridgehead atoms. The summed E-state index contributed by atoms with van der Waals surface area (Å²) in [4.78, 5) is 53.9. The Labute approximate surface area is 569 Å². The topological polar surface area (TPSA) is 364 Å². The number of carbonyl (C=O) groups excluding carboxylic acids is 2. The van der Waals surface area contributed by atoms with Crippen molar-refractivity contribution < 1.29 is 90.7 Å². The molecule has 10 rings (SSSR count). The molecule has 41 heteroatoms. The van der Waals surface area contributed by atoms with Gasteiger partial charge in [-0.3, -0.25) is 4.79 Å². The normalized spacial score (nSPS) is 10.8. The van der Waals surface area contributed by atoms with Crippen molar-refractivity contribution in [2.75, 3.05) is 24.3 Å². The molecule has 0 fully saturated rings. The van der Waals surface area contributed by atoms with Crippen molar-refractivity contribution in [3.63, 3.8) is 0 Å². The van der Waals surface area contributed by atoms with Crippen molar-refractivity contribution in [3.8, 4) is 57.9 Å². The summed E-state index contributed by atoms with van der Waals surface area (Å²) in [6.45, 7) is 3.98. The molecule has 100 heavy (non-hydrogen) atoms. The Kier molecular flexibility index (Phi) is 30.6. The van der Waals surface area contributed by atoms with Crippen LogP contribution in [0.2, 0.25) is 5.15 Å². The highest BCUT2D eigenvalue weighted by Crippen LogP contribution is 2.29. The standard InChI is InChI=1S/C17H15F3N6O3.C13H9F3N6O.C13H8F3N3O.C7H6F3NO.C5H2ClN3.C4H7BrO2/c1-2-28-15(27)9-26-24-16(23-25-26)13-8-21-10-22-14(13)7-11-3-5-12(6-4-11)29-17(18,19)20;14-13(15,16)23-9-3-1-8(2-4-9)5-11-10(6-17-7-18-11)12-19-21-22-20-12;14-13(15,16)20-11-3-1-9(2-4-11)5-12-10(6-17)7-18-8-19-12;8-7(9,10)12-6-3-1-5(11)2-4-6;6-5-4(1-7)2-8-3-9-5;1-2-7-4(6)3-5/h3-6,8,10H,2,7,9H2,1H3;1-4,6-7H,5H2,(H,19,20,21,22);1-4,7-8H,5H2;1-4H,11H2;2-3H;2-3H2,1H3. The van der Waals surface area contributed by atoms with Crippen molar-refractivity contribution in [1.82, 2.24) is 80.7 Å². The first-order valence-corrected chi connectivity index (χ1v) is 29.1. The van der Waals surface area contributed by atoms with E-state index in [-0.39, 0.29) is 59.5 Å². The van der Waals surface area contributed by atoms with Crippen molar-refractivity contribution in [2.45, 2.75) is 65.1 Å². The molecule has 0 unspecified atom stereocenters. The Hall–Kier alpha value is -11.8. The second kappa shape index (κ2) is 38.8. The zero-order valence-electron chi connectivity index (χ0n) is 51.0. The number of H-pyrrole nitrogens is 1. The molecule has 3 N–H and O–H groups in total. The van der Waals surface area contributed by atoms with Gasteiger partial charge in [0.05, 0.1) is 47.0 Å². The second-order valence-electron chi connectivity index (χ2n) is 18.4. The molecule has 4 aromatic carbocycles. The van der Waals surface area contributed by atoms with Gasteiger partial charge in [-0.1, -0.05) is 63.9 Å². The lowest BCUT2D eigenvalue weighted by Gasteiger charge is -2.09. The number of benzene rings is 4. The Balaban J connectivity index is 0.000000229. The summed E-state index contributed by atoms with van der Waals surface area (Å²) in [5, 5.41) is 43.1. The molecule has 6 aromatic heterocycles. The van der Waals surface area contributed by atoms with E-state index in [4.69, 9.17) is 32.6 Å². The second-order valence-corrected chi connectivity index (χ2v) is 19.4. The Morgan fingerprint density at radius 1 is 0.530 bits per heavy atom. The van der Waals surface area contributed by atoms with E-state index in [9.17, 15) is 62.3 Å². The van der Waals surface area contributed by atoms with Gasteiger partial charge >= 0.3 is 37.4 Å². The predicted octanol–water partition coefficient (Wildman–Crippen LogP) is 11.3. The molecule has 27 nitrogen and oxygen atoms in total. The number of nitrogens with two attached hydrogens (primary N) is 1. The van der Waals surface area contributed by atoms with E-state index < -0.39 is 31.4 Å². The summed E-state index contributed by atoms with van der Waals surface area (Å²) in [6, 6.07) is 25.2. The molecule has 0 aliphatic carbocycles. The number of nitrogens with zero attached hydrogens (tertiary/aromatic N) is 17. The van der Waals surface area contributed by atoms with Gasteiger partial charge in [-0.2, -0.15) is 20.5 Å². The number of nitrogens with one attached hydrogen (secondary N) is 1. The molecular weight excluding hydrogens is 1450 g/mol. The molecule has 0 amide bonds. The van der Waals surface area contributed by atoms with Crippen LogP contribution in [0.25, 0.3) is 22.8 Å². The number of hydrogen-bond acceptors (Lipinski definition) is 25. The number of halogens is 14. The number of alkyl halides is 13. The SMILES string of the molecule is CCOC(=O)CBr.CCOC(=O)Cn1nnc(-c2cncnc2Cc2ccc(OC(F)(F)F)cc2)n1.FC(F)(F)Oc1ccc(Cc2ncncc2-c2nn[nH]n2)cc1.N#Cc1cncnc1Cc1ccc(OC(F)(F)F)cc1.N#Cc1cncnc1Cl.Nc1ccc(OC(F)(F)F)cc1. The lowest BCUT2D eigenvalue weighted by molar-refractivity contribution is -0.275. The third kappa shape index (κ3) is 30.1. The Bertz CT molecular complexity index is 4230. The van der Waals surface area contributed by atoms with Crippen LogP contribution in [0, 0.1) is 22.7 Å². The van der Waals surface area contributed by atoms with Crippen LogP contribution in [-0.4, -0.2) is 137 Å². The molecule has 0 saturated heterocycles. The van der Waals surface area contributed by atoms with Gasteiger partial charge in [-0.15, -0.1) is 73.1 Å². The van der Waals surface area contributed by atoms with Crippen LogP contribution in [0.5, 0.6) is 23.0 Å². The lowest BCUT2D eigenvalue weighted by atomic mass is 10.1. The zero-order valence-corrected chi connectivity index (χ0v) is 53.4. The fourth-order valence-corrected chi connectivity index (χ4v) is 7.53. The molecule has 6 heterocycles. The van der Waals surface area contributed by atoms with E-state index in [1.807, 2.05) is 12.1 Å². The van der Waals surface area contributed by atoms with E-state index in [0.29, 0.717) is 81.2 Å². The number of carbonyl (C=O) groups is 2. The number of anilines is 1. The van der Waals surface area contributed by atoms with Crippen LogP contribution in [0.4, 0.5) is 58.4 Å². The molecule has 0 atom stereocenters. The fourth-order valence-electron chi connectivity index (χ4n) is 7.24. The number of rotatable bonds is 17. The molecule has 524 valence electrons. The molecule has 0 spiro atoms. The quantitative estimate of drug-likeness (QED) is 0.0281. The Morgan fingerprint density at radius 3 is 1.28 bits per heavy atom. The highest BCUT2D eigenvalue weighted by atomic mass is 79.9. The van der Waals surface area contributed by atoms with Crippen LogP contribution < -0.4 is 24.7 Å². The summed E-state index contributed by atoms with van der Waals surface area (Å²) >= 11 is 8.39. The van der Waals surface area contributed by atoms with Gasteiger partial charge in [0.15, 0.2) is 6.54 Å². The van der Waals surface area contributed by atoms with Crippen LogP contribution in [-0.2, 0) is 44.9 Å². The number of hydrogen-bond donors (Lipinski definition) is 2. The third-order valence-electron chi connectivity index (χ3n) is 11.3. The van der Waals surface area contributed by atoms with Crippen molar-refractivity contribution in [3.05, 3.63) is 197 Å². The number of nitriles is 2. The van der Waals surface area contributed by atoms with Gasteiger partial charge in [0.2, 0.25) is 11.6 Å². The van der Waals surface area contributed by atoms with Crippen LogP contribution in [0.1, 0.15) is 58.7 Å². The monoisotopic (exact) mass is 1490 g/mol. The average Bonchev–Trinajstić information content (AvgIpc) is 1.61. The van der Waals surface area contributed by atoms with Crippen molar-refractivity contribution >= 4 is 45.2 Å². The maximum atomic E-state index is 12.3. The lowest BCUT2D eigenvalue weighted by Crippen LogP contribution is -2.17. The fraction of sp³-hybridized carbons (Fsp3) is 0.220. The first kappa shape index (κ1) is 78.9. The number of nitrogen functional groups attached to an aromatic ring is 1. The predicted molar refractivity (Wildman–Crippen MR) is 325 cm³/mol. The highest BCUT2D eigenvalue weighted by Gasteiger charge is 2.33. The van der Waals surface area contributed by atoms with Gasteiger partial charge in [-0.25, -0.2) is 44.7 Å². The first-order valence-electron chi connectivity index (χ1n) is 27.6. The van der Waals surface area contributed by atoms with E-state index in [1.165, 1.54) is 129 Å². The molecule has 0 radical (unpaired) electrons. The van der Waals surface area contributed by atoms with Crippen LogP contribution >= 0.6 is 27.5 Å². The molecule has 0 aliphatic heterocycles. The summed E-state index contributed by atoms with van der Waals surface area (Å²) in [6.07, 6.45) is -6.68. The summed E-state index contributed by atoms with van der Waals surface area (Å²) in [5.41, 5.74) is 11.2. The van der Waals surface area contributed by atoms with Crippen LogP contribution in [0.3, 0.4) is 0 Å². The summed E-state index contributed by atoms with van der Waals surface area (Å²) in [5.74, 6) is -1.29.